The van der Waals surface area contributed by atoms with E-state index in [2.05, 4.69) is 16.8 Å². The van der Waals surface area contributed by atoms with Crippen LogP contribution in [0.2, 0.25) is 0 Å². The van der Waals surface area contributed by atoms with E-state index in [0.29, 0.717) is 25.9 Å². The van der Waals surface area contributed by atoms with Gasteiger partial charge in [0.25, 0.3) is 0 Å². The largest absolute Gasteiger partial charge is 0.530 e. The normalized spacial score (nSPS) is 10.3. The first-order chi connectivity index (χ1) is 8.75. The van der Waals surface area contributed by atoms with Gasteiger partial charge in [0.15, 0.2) is 5.96 Å². The second kappa shape index (κ2) is 8.25. The van der Waals surface area contributed by atoms with E-state index >= 15 is 0 Å². The highest BCUT2D eigenvalue weighted by Crippen LogP contribution is 2.12. The summed E-state index contributed by atoms with van der Waals surface area (Å²) >= 11 is 0. The predicted octanol–water partition coefficient (Wildman–Crippen LogP) is -0.123. The molecule has 0 heterocycles. The molecule has 0 aromatic carbocycles. The molecule has 6 heteroatoms. The van der Waals surface area contributed by atoms with E-state index < -0.39 is 11.6 Å². The van der Waals surface area contributed by atoms with Crippen molar-refractivity contribution in [1.82, 2.24) is 4.90 Å². The summed E-state index contributed by atoms with van der Waals surface area (Å²) in [5.41, 5.74) is 9.90. The Balaban J connectivity index is 3.96. The third-order valence-corrected chi connectivity index (χ3v) is 2.37. The smallest absolute Gasteiger partial charge is 0.185 e. The van der Waals surface area contributed by atoms with E-state index in [1.165, 1.54) is 4.90 Å². The van der Waals surface area contributed by atoms with E-state index in [0.717, 1.165) is 6.42 Å². The van der Waals surface area contributed by atoms with Crippen molar-refractivity contribution in [3.8, 4) is 11.8 Å². The highest BCUT2D eigenvalue weighted by molar-refractivity contribution is 5.75. The van der Waals surface area contributed by atoms with Crippen molar-refractivity contribution < 1.29 is 9.90 Å². The molecule has 0 atom stereocenters. The van der Waals surface area contributed by atoms with E-state index in [4.69, 9.17) is 11.5 Å². The average molecular weight is 267 g/mol. The number of nitrogens with zero attached hydrogens (tertiary/aromatic N) is 2. The number of aliphatic imine (C=N–C) groups is 1. The Hall–Kier alpha value is -1.90. The fourth-order valence-electron chi connectivity index (χ4n) is 1.42. The zero-order valence-corrected chi connectivity index (χ0v) is 11.9. The van der Waals surface area contributed by atoms with Crippen LogP contribution in [0.5, 0.6) is 0 Å². The third-order valence-electron chi connectivity index (χ3n) is 2.37. The van der Waals surface area contributed by atoms with E-state index in [9.17, 15) is 9.90 Å². The minimum atomic E-state index is -1.16. The summed E-state index contributed by atoms with van der Waals surface area (Å²) in [6.45, 7) is 6.39. The average Bonchev–Trinajstić information content (AvgIpc) is 2.24. The maximum absolute atomic E-state index is 10.9. The van der Waals surface area contributed by atoms with Crippen LogP contribution < -0.4 is 16.6 Å². The molecular formula is C13H23N4O2-. The Morgan fingerprint density at radius 2 is 1.84 bits per heavy atom. The number of hydrogen-bond acceptors (Lipinski definition) is 3. The summed E-state index contributed by atoms with van der Waals surface area (Å²) in [4.78, 5) is 16.1. The van der Waals surface area contributed by atoms with Crippen molar-refractivity contribution in [2.75, 3.05) is 13.1 Å². The Morgan fingerprint density at radius 3 is 2.32 bits per heavy atom. The maximum Gasteiger partial charge on any atom is 0.185 e. The van der Waals surface area contributed by atoms with Crippen molar-refractivity contribution in [3.63, 3.8) is 0 Å². The van der Waals surface area contributed by atoms with Crippen LogP contribution in [0.25, 0.3) is 0 Å². The number of unbranched alkanes of at least 4 members (excludes halogenated alkanes) is 1. The fraction of sp³-hybridized carbons (Fsp3) is 0.692. The van der Waals surface area contributed by atoms with Gasteiger partial charge in [0.1, 0.15) is 6.09 Å². The highest BCUT2D eigenvalue weighted by Gasteiger charge is 2.19. The van der Waals surface area contributed by atoms with Crippen LogP contribution in [0.15, 0.2) is 4.99 Å². The minimum absolute atomic E-state index is 0.0859. The summed E-state index contributed by atoms with van der Waals surface area (Å²) in [5.74, 6) is 5.99. The van der Waals surface area contributed by atoms with Crippen molar-refractivity contribution >= 4 is 12.1 Å². The minimum Gasteiger partial charge on any atom is -0.530 e. The lowest BCUT2D eigenvalue weighted by atomic mass is 10.1. The van der Waals surface area contributed by atoms with Gasteiger partial charge in [-0.15, -0.1) is 11.8 Å². The van der Waals surface area contributed by atoms with Crippen LogP contribution in [0, 0.1) is 11.8 Å². The molecule has 0 saturated carbocycles. The zero-order valence-electron chi connectivity index (χ0n) is 11.9. The van der Waals surface area contributed by atoms with Crippen molar-refractivity contribution in [2.24, 2.45) is 16.5 Å². The Kier molecular flexibility index (Phi) is 7.42. The second-order valence-corrected chi connectivity index (χ2v) is 5.10. The van der Waals surface area contributed by atoms with Gasteiger partial charge in [-0.05, 0) is 27.2 Å². The van der Waals surface area contributed by atoms with E-state index in [1.807, 2.05) is 20.8 Å². The third kappa shape index (κ3) is 8.77. The number of carbonyl (C=O) groups is 1. The second-order valence-electron chi connectivity index (χ2n) is 5.10. The molecule has 6 nitrogen and oxygen atoms in total. The Labute approximate surface area is 114 Å². The number of carboxylic acid groups (broad SMARTS) is 1. The van der Waals surface area contributed by atoms with E-state index in [1.54, 1.807) is 0 Å². The van der Waals surface area contributed by atoms with Crippen LogP contribution in [-0.2, 0) is 0 Å². The molecule has 0 aliphatic rings. The number of hydrogen-bond donors (Lipinski definition) is 2. The summed E-state index contributed by atoms with van der Waals surface area (Å²) < 4.78 is 0. The first kappa shape index (κ1) is 17.1. The summed E-state index contributed by atoms with van der Waals surface area (Å²) in [5, 5.41) is 10.9. The molecular weight excluding hydrogens is 244 g/mol. The SMILES string of the molecule is CC(C)(C)N(CCC#CCCCN=C(N)N)C(=O)[O-]. The maximum atomic E-state index is 10.9. The summed E-state index contributed by atoms with van der Waals surface area (Å²) in [7, 11) is 0. The Morgan fingerprint density at radius 1 is 1.26 bits per heavy atom. The molecule has 0 aliphatic heterocycles. The van der Waals surface area contributed by atoms with Gasteiger partial charge in [0.2, 0.25) is 0 Å². The first-order valence-corrected chi connectivity index (χ1v) is 6.25. The Bertz CT molecular complexity index is 370. The predicted molar refractivity (Wildman–Crippen MR) is 74.2 cm³/mol. The molecule has 0 unspecified atom stereocenters. The number of nitrogens with two attached hydrogens (primary N) is 2. The summed E-state index contributed by atoms with van der Waals surface area (Å²) in [6, 6.07) is 0. The molecule has 1 amide bonds. The van der Waals surface area contributed by atoms with Gasteiger partial charge in [-0.3, -0.25) is 4.99 Å². The molecule has 0 bridgehead atoms. The van der Waals surface area contributed by atoms with Crippen LogP contribution >= 0.6 is 0 Å². The van der Waals surface area contributed by atoms with Gasteiger partial charge in [-0.25, -0.2) is 0 Å². The van der Waals surface area contributed by atoms with Crippen LogP contribution in [0.4, 0.5) is 4.79 Å². The number of carbonyl (C=O) groups excluding carboxylic acids is 1. The van der Waals surface area contributed by atoms with Gasteiger partial charge in [-0.1, -0.05) is 0 Å². The van der Waals surface area contributed by atoms with Crippen LogP contribution in [0.3, 0.4) is 0 Å². The van der Waals surface area contributed by atoms with Gasteiger partial charge >= 0.3 is 0 Å². The lowest BCUT2D eigenvalue weighted by Gasteiger charge is -2.37. The number of guanidine groups is 1. The monoisotopic (exact) mass is 267 g/mol. The van der Waals surface area contributed by atoms with Crippen molar-refractivity contribution in [2.45, 2.75) is 45.6 Å². The lowest BCUT2D eigenvalue weighted by molar-refractivity contribution is -0.270. The topological polar surface area (TPSA) is 108 Å². The van der Waals surface area contributed by atoms with Crippen molar-refractivity contribution in [3.05, 3.63) is 0 Å². The standard InChI is InChI=1S/C13H24N4O2/c1-13(2,3)17(12(18)19)10-8-6-4-5-7-9-16-11(14)15/h5,7-10H2,1-3H3,(H,18,19)(H4,14,15,16)/p-1. The molecule has 0 rings (SSSR count). The summed E-state index contributed by atoms with van der Waals surface area (Å²) in [6.07, 6.45) is 0.807. The first-order valence-electron chi connectivity index (χ1n) is 6.25. The van der Waals surface area contributed by atoms with Crippen LogP contribution in [-0.4, -0.2) is 35.6 Å². The molecule has 19 heavy (non-hydrogen) atoms. The molecule has 0 fully saturated rings. The molecule has 0 aliphatic carbocycles. The lowest BCUT2D eigenvalue weighted by Crippen LogP contribution is -2.51. The molecule has 0 aromatic heterocycles. The molecule has 0 aromatic rings. The number of amides is 1. The molecule has 108 valence electrons. The highest BCUT2D eigenvalue weighted by atomic mass is 16.4. The molecule has 0 spiro atoms. The zero-order chi connectivity index (χ0) is 14.9. The number of rotatable bonds is 5. The van der Waals surface area contributed by atoms with Gasteiger partial charge in [0, 0.05) is 31.5 Å². The van der Waals surface area contributed by atoms with Crippen molar-refractivity contribution in [1.29, 1.82) is 0 Å². The van der Waals surface area contributed by atoms with Crippen LogP contribution in [0.1, 0.15) is 40.0 Å². The molecule has 4 N–H and O–H groups in total. The van der Waals surface area contributed by atoms with E-state index in [-0.39, 0.29) is 5.96 Å². The van der Waals surface area contributed by atoms with Gasteiger partial charge in [-0.2, -0.15) is 0 Å². The quantitative estimate of drug-likeness (QED) is 0.313. The van der Waals surface area contributed by atoms with Gasteiger partial charge in [0.05, 0.1) is 0 Å². The molecule has 0 saturated heterocycles. The fourth-order valence-corrected chi connectivity index (χ4v) is 1.42. The van der Waals surface area contributed by atoms with Gasteiger partial charge < -0.3 is 26.3 Å². The molecule has 0 radical (unpaired) electrons.